The zero-order valence-electron chi connectivity index (χ0n) is 9.30. The quantitative estimate of drug-likeness (QED) is 0.592. The van der Waals surface area contributed by atoms with E-state index >= 15 is 0 Å². The molecule has 0 amide bonds. The van der Waals surface area contributed by atoms with E-state index in [4.69, 9.17) is 0 Å². The Labute approximate surface area is 106 Å². The number of halogens is 3. The second-order valence-electron chi connectivity index (χ2n) is 3.19. The molecule has 0 bridgehead atoms. The zero-order chi connectivity index (χ0) is 13.1. The summed E-state index contributed by atoms with van der Waals surface area (Å²) < 4.78 is 36.8. The third-order valence-electron chi connectivity index (χ3n) is 2.03. The van der Waals surface area contributed by atoms with E-state index in [0.29, 0.717) is 16.9 Å². The Bertz CT molecular complexity index is 416. The highest BCUT2D eigenvalue weighted by atomic mass is 32.2. The fourth-order valence-corrected chi connectivity index (χ4v) is 2.69. The van der Waals surface area contributed by atoms with E-state index in [1.807, 2.05) is 0 Å². The molecule has 0 N–H and O–H groups in total. The monoisotopic (exact) mass is 280 g/mol. The van der Waals surface area contributed by atoms with E-state index in [2.05, 4.69) is 0 Å². The van der Waals surface area contributed by atoms with Crippen LogP contribution in [0.4, 0.5) is 13.2 Å². The minimum atomic E-state index is -4.30. The van der Waals surface area contributed by atoms with Crippen LogP contribution in [0.3, 0.4) is 0 Å². The lowest BCUT2D eigenvalue weighted by atomic mass is 10.1. The molecule has 0 radical (unpaired) electrons. The maximum atomic E-state index is 12.3. The Morgan fingerprint density at radius 2 is 1.94 bits per heavy atom. The molecule has 0 spiro atoms. The van der Waals surface area contributed by atoms with Gasteiger partial charge in [0.05, 0.1) is 0 Å². The molecule has 0 saturated heterocycles. The minimum Gasteiger partial charge on any atom is -0.294 e. The molecular weight excluding hydrogens is 269 g/mol. The number of thioether (sulfide) groups is 2. The number of benzene rings is 1. The van der Waals surface area contributed by atoms with Gasteiger partial charge in [0.1, 0.15) is 0 Å². The first kappa shape index (κ1) is 14.4. The molecule has 0 aromatic heterocycles. The van der Waals surface area contributed by atoms with Crippen molar-refractivity contribution in [3.8, 4) is 0 Å². The van der Waals surface area contributed by atoms with Crippen LogP contribution in [0.5, 0.6) is 0 Å². The Morgan fingerprint density at radius 1 is 1.29 bits per heavy atom. The topological polar surface area (TPSA) is 17.1 Å². The van der Waals surface area contributed by atoms with Crippen molar-refractivity contribution in [2.24, 2.45) is 0 Å². The van der Waals surface area contributed by atoms with E-state index < -0.39 is 5.51 Å². The van der Waals surface area contributed by atoms with Gasteiger partial charge < -0.3 is 0 Å². The van der Waals surface area contributed by atoms with E-state index in [1.54, 1.807) is 13.2 Å². The number of alkyl halides is 3. The van der Waals surface area contributed by atoms with Gasteiger partial charge in [-0.25, -0.2) is 0 Å². The summed E-state index contributed by atoms with van der Waals surface area (Å²) in [6.45, 7) is 1.72. The van der Waals surface area contributed by atoms with Gasteiger partial charge in [0.25, 0.3) is 0 Å². The van der Waals surface area contributed by atoms with Gasteiger partial charge in [-0.15, -0.1) is 11.8 Å². The average molecular weight is 280 g/mol. The maximum Gasteiger partial charge on any atom is 0.446 e. The van der Waals surface area contributed by atoms with Crippen molar-refractivity contribution < 1.29 is 18.0 Å². The summed E-state index contributed by atoms with van der Waals surface area (Å²) in [7, 11) is 0. The number of rotatable bonds is 4. The lowest BCUT2D eigenvalue weighted by molar-refractivity contribution is -0.0328. The van der Waals surface area contributed by atoms with Gasteiger partial charge in [0.2, 0.25) is 0 Å². The normalized spacial score (nSPS) is 11.6. The predicted molar refractivity (Wildman–Crippen MR) is 64.8 cm³/mol. The second kappa shape index (κ2) is 5.82. The Kier molecular flexibility index (Phi) is 4.94. The molecule has 6 heteroatoms. The molecule has 0 saturated carbocycles. The Hall–Kier alpha value is -0.620. The molecule has 94 valence electrons. The van der Waals surface area contributed by atoms with Crippen molar-refractivity contribution in [1.29, 1.82) is 0 Å². The van der Waals surface area contributed by atoms with Crippen LogP contribution in [0.15, 0.2) is 28.0 Å². The number of ketones is 1. The van der Waals surface area contributed by atoms with Crippen LogP contribution < -0.4 is 0 Å². The smallest absolute Gasteiger partial charge is 0.294 e. The number of hydrogen-bond donors (Lipinski definition) is 0. The molecule has 0 aliphatic heterocycles. The summed E-state index contributed by atoms with van der Waals surface area (Å²) in [5, 5.41) is 0. The lowest BCUT2D eigenvalue weighted by Crippen LogP contribution is -2.01. The molecule has 0 unspecified atom stereocenters. The second-order valence-corrected chi connectivity index (χ2v) is 5.15. The summed E-state index contributed by atoms with van der Waals surface area (Å²) in [6, 6.07) is 4.32. The van der Waals surface area contributed by atoms with Gasteiger partial charge in [-0.3, -0.25) is 4.79 Å². The van der Waals surface area contributed by atoms with Gasteiger partial charge in [0.15, 0.2) is 5.78 Å². The highest BCUT2D eigenvalue weighted by Gasteiger charge is 2.30. The van der Waals surface area contributed by atoms with Crippen molar-refractivity contribution in [3.05, 3.63) is 23.8 Å². The highest BCUT2D eigenvalue weighted by Crippen LogP contribution is 2.41. The van der Waals surface area contributed by atoms with Crippen molar-refractivity contribution in [1.82, 2.24) is 0 Å². The van der Waals surface area contributed by atoms with Crippen LogP contribution >= 0.6 is 23.5 Å². The summed E-state index contributed by atoms with van der Waals surface area (Å²) in [4.78, 5) is 12.1. The summed E-state index contributed by atoms with van der Waals surface area (Å²) >= 11 is 1.05. The summed E-state index contributed by atoms with van der Waals surface area (Å²) in [5.74, 6) is -0.0659. The molecule has 1 aromatic carbocycles. The first-order valence-corrected chi connectivity index (χ1v) is 6.88. The number of carbonyl (C=O) groups excluding carboxylic acids is 1. The van der Waals surface area contributed by atoms with Crippen LogP contribution in [0.25, 0.3) is 0 Å². The fourth-order valence-electron chi connectivity index (χ4n) is 1.25. The molecule has 0 fully saturated rings. The van der Waals surface area contributed by atoms with E-state index in [1.165, 1.54) is 30.0 Å². The van der Waals surface area contributed by atoms with E-state index in [9.17, 15) is 18.0 Å². The third kappa shape index (κ3) is 4.27. The first-order chi connectivity index (χ1) is 7.87. The van der Waals surface area contributed by atoms with Crippen LogP contribution in [0.2, 0.25) is 0 Å². The van der Waals surface area contributed by atoms with E-state index in [-0.39, 0.29) is 22.4 Å². The van der Waals surface area contributed by atoms with Crippen LogP contribution in [-0.2, 0) is 0 Å². The highest BCUT2D eigenvalue weighted by molar-refractivity contribution is 8.02. The van der Waals surface area contributed by atoms with Crippen LogP contribution in [0.1, 0.15) is 23.7 Å². The fraction of sp³-hybridized carbons (Fsp3) is 0.364. The predicted octanol–water partition coefficient (Wildman–Crippen LogP) is 4.61. The maximum absolute atomic E-state index is 12.3. The lowest BCUT2D eigenvalue weighted by Gasteiger charge is -2.10. The number of Topliss-reactive ketones (excluding diaryl/α,β-unsaturated/α-hetero) is 1. The molecule has 0 heterocycles. The van der Waals surface area contributed by atoms with Crippen molar-refractivity contribution in [3.63, 3.8) is 0 Å². The molecular formula is C11H11F3OS2. The SMILES string of the molecule is CCC(=O)c1ccc(SC(F)(F)F)c(SC)c1. The zero-order valence-corrected chi connectivity index (χ0v) is 10.9. The molecule has 17 heavy (non-hydrogen) atoms. The van der Waals surface area contributed by atoms with Crippen molar-refractivity contribution in [2.75, 3.05) is 6.26 Å². The van der Waals surface area contributed by atoms with Crippen LogP contribution in [0, 0.1) is 0 Å². The molecule has 1 nitrogen and oxygen atoms in total. The molecule has 0 atom stereocenters. The first-order valence-electron chi connectivity index (χ1n) is 4.84. The van der Waals surface area contributed by atoms with Gasteiger partial charge in [-0.05, 0) is 30.2 Å². The summed E-state index contributed by atoms with van der Waals surface area (Å²) in [6.07, 6.45) is 2.04. The molecule has 1 rings (SSSR count). The number of carbonyl (C=O) groups is 1. The van der Waals surface area contributed by atoms with Crippen molar-refractivity contribution in [2.45, 2.75) is 28.6 Å². The van der Waals surface area contributed by atoms with Gasteiger partial charge in [-0.2, -0.15) is 13.2 Å². The Balaban J connectivity index is 3.05. The van der Waals surface area contributed by atoms with Gasteiger partial charge in [0, 0.05) is 21.8 Å². The number of hydrogen-bond acceptors (Lipinski definition) is 3. The largest absolute Gasteiger partial charge is 0.446 e. The molecule has 0 aliphatic carbocycles. The van der Waals surface area contributed by atoms with Gasteiger partial charge in [-0.1, -0.05) is 13.0 Å². The van der Waals surface area contributed by atoms with Crippen LogP contribution in [-0.4, -0.2) is 17.5 Å². The standard InChI is InChI=1S/C11H11F3OS2/c1-3-8(15)7-4-5-9(10(6-7)16-2)17-11(12,13)14/h4-6H,3H2,1-2H3. The average Bonchev–Trinajstić information content (AvgIpc) is 2.26. The molecule has 0 aliphatic rings. The molecule has 1 aromatic rings. The Morgan fingerprint density at radius 3 is 2.41 bits per heavy atom. The van der Waals surface area contributed by atoms with E-state index in [0.717, 1.165) is 0 Å². The minimum absolute atomic E-state index is 0.0659. The van der Waals surface area contributed by atoms with Gasteiger partial charge >= 0.3 is 5.51 Å². The summed E-state index contributed by atoms with van der Waals surface area (Å²) in [5.41, 5.74) is -3.84. The third-order valence-corrected chi connectivity index (χ3v) is 3.75. The van der Waals surface area contributed by atoms with Crippen molar-refractivity contribution >= 4 is 29.3 Å².